The first kappa shape index (κ1) is 23.7. The third-order valence-electron chi connectivity index (χ3n) is 5.00. The molecule has 2 N–H and O–H groups in total. The Morgan fingerprint density at radius 3 is 2.46 bits per heavy atom. The van der Waals surface area contributed by atoms with E-state index in [1.54, 1.807) is 60.7 Å². The maximum absolute atomic E-state index is 12.5. The van der Waals surface area contributed by atoms with Crippen molar-refractivity contribution >= 4 is 46.4 Å². The van der Waals surface area contributed by atoms with Crippen molar-refractivity contribution in [1.29, 1.82) is 0 Å². The molecule has 0 atom stereocenters. The van der Waals surface area contributed by atoms with E-state index in [9.17, 15) is 14.4 Å². The van der Waals surface area contributed by atoms with E-state index in [2.05, 4.69) is 15.8 Å². The van der Waals surface area contributed by atoms with Gasteiger partial charge in [0.15, 0.2) is 0 Å². The Morgan fingerprint density at radius 1 is 0.886 bits per heavy atom. The van der Waals surface area contributed by atoms with Crippen LogP contribution in [0.1, 0.15) is 26.3 Å². The van der Waals surface area contributed by atoms with Gasteiger partial charge in [0.25, 0.3) is 11.8 Å². The van der Waals surface area contributed by atoms with Crippen LogP contribution in [-0.4, -0.2) is 30.5 Å². The van der Waals surface area contributed by atoms with Crippen molar-refractivity contribution in [3.8, 4) is 5.75 Å². The number of carbonyl (C=O) groups excluding carboxylic acids is 3. The highest BCUT2D eigenvalue weighted by Gasteiger charge is 2.11. The summed E-state index contributed by atoms with van der Waals surface area (Å²) < 4.78 is 5.37. The number of rotatable bonds is 7. The van der Waals surface area contributed by atoms with Gasteiger partial charge < -0.3 is 10.1 Å². The molecule has 8 heteroatoms. The second kappa shape index (κ2) is 11.1. The minimum Gasteiger partial charge on any atom is -0.423 e. The van der Waals surface area contributed by atoms with Crippen molar-refractivity contribution < 1.29 is 19.1 Å². The number of ether oxygens (including phenoxy) is 1. The average Bonchev–Trinajstić information content (AvgIpc) is 2.87. The van der Waals surface area contributed by atoms with E-state index < -0.39 is 11.9 Å². The first-order chi connectivity index (χ1) is 17.0. The molecule has 4 aromatic carbocycles. The molecule has 0 aliphatic rings. The molecule has 0 spiro atoms. The summed E-state index contributed by atoms with van der Waals surface area (Å²) in [6.45, 7) is -0.238. The van der Waals surface area contributed by atoms with Gasteiger partial charge in [-0.2, -0.15) is 5.10 Å². The Hall–Kier alpha value is -4.49. The Balaban J connectivity index is 1.29. The Morgan fingerprint density at radius 2 is 1.63 bits per heavy atom. The molecule has 0 fully saturated rings. The van der Waals surface area contributed by atoms with E-state index in [0.717, 1.165) is 10.8 Å². The number of benzene rings is 4. The van der Waals surface area contributed by atoms with Crippen molar-refractivity contribution in [2.45, 2.75) is 0 Å². The number of hydrazone groups is 1. The van der Waals surface area contributed by atoms with Gasteiger partial charge in [0.05, 0.1) is 18.3 Å². The second-order valence-corrected chi connectivity index (χ2v) is 7.91. The minimum atomic E-state index is -0.522. The van der Waals surface area contributed by atoms with Crippen LogP contribution < -0.4 is 15.5 Å². The van der Waals surface area contributed by atoms with Gasteiger partial charge in [0.2, 0.25) is 0 Å². The molecule has 0 aliphatic carbocycles. The van der Waals surface area contributed by atoms with Crippen molar-refractivity contribution in [1.82, 2.24) is 10.7 Å². The maximum Gasteiger partial charge on any atom is 0.343 e. The molecule has 0 aromatic heterocycles. The lowest BCUT2D eigenvalue weighted by Gasteiger charge is -2.07. The first-order valence-corrected chi connectivity index (χ1v) is 11.0. The van der Waals surface area contributed by atoms with E-state index in [0.29, 0.717) is 27.5 Å². The van der Waals surface area contributed by atoms with Crippen molar-refractivity contribution in [3.63, 3.8) is 0 Å². The van der Waals surface area contributed by atoms with Crippen molar-refractivity contribution in [3.05, 3.63) is 113 Å². The third-order valence-corrected chi connectivity index (χ3v) is 5.25. The van der Waals surface area contributed by atoms with E-state index in [1.165, 1.54) is 6.21 Å². The lowest BCUT2D eigenvalue weighted by atomic mass is 10.0. The van der Waals surface area contributed by atoms with E-state index in [-0.39, 0.29) is 12.5 Å². The third kappa shape index (κ3) is 6.31. The fourth-order valence-corrected chi connectivity index (χ4v) is 3.43. The Labute approximate surface area is 206 Å². The molecular formula is C27H20ClN3O4. The SMILES string of the molecule is O=C(CNC(=O)c1cccc2ccccc12)N/N=C\c1cccc(OC(=O)c2ccc(Cl)cc2)c1. The highest BCUT2D eigenvalue weighted by atomic mass is 35.5. The maximum atomic E-state index is 12.5. The zero-order valence-corrected chi connectivity index (χ0v) is 19.2. The van der Waals surface area contributed by atoms with Crippen LogP contribution in [0, 0.1) is 0 Å². The fourth-order valence-electron chi connectivity index (χ4n) is 3.31. The summed E-state index contributed by atoms with van der Waals surface area (Å²) in [4.78, 5) is 36.9. The number of carbonyl (C=O) groups is 3. The molecule has 0 aliphatic heterocycles. The number of halogens is 1. The number of esters is 1. The molecule has 2 amide bonds. The number of nitrogens with zero attached hydrogens (tertiary/aromatic N) is 1. The van der Waals surface area contributed by atoms with Gasteiger partial charge in [0, 0.05) is 10.6 Å². The predicted molar refractivity (Wildman–Crippen MR) is 135 cm³/mol. The van der Waals surface area contributed by atoms with Crippen molar-refractivity contribution in [2.24, 2.45) is 5.10 Å². The quantitative estimate of drug-likeness (QED) is 0.173. The zero-order chi connectivity index (χ0) is 24.6. The standard InChI is InChI=1S/C27H20ClN3O4/c28-21-13-11-20(12-14-21)27(34)35-22-8-3-5-18(15-22)16-30-31-25(32)17-29-26(33)24-10-4-7-19-6-1-2-9-23(19)24/h1-16H,17H2,(H,29,33)(H,31,32)/b30-16-. The number of hydrogen-bond donors (Lipinski definition) is 2. The smallest absolute Gasteiger partial charge is 0.343 e. The van der Waals surface area contributed by atoms with Gasteiger partial charge in [0.1, 0.15) is 5.75 Å². The van der Waals surface area contributed by atoms with Gasteiger partial charge in [-0.3, -0.25) is 9.59 Å². The number of fused-ring (bicyclic) bond motifs is 1. The van der Waals surface area contributed by atoms with Crippen LogP contribution in [0.15, 0.2) is 96.1 Å². The van der Waals surface area contributed by atoms with Gasteiger partial charge in [-0.25, -0.2) is 10.2 Å². The molecule has 7 nitrogen and oxygen atoms in total. The van der Waals surface area contributed by atoms with Gasteiger partial charge in [-0.05, 0) is 58.8 Å². The van der Waals surface area contributed by atoms with Crippen LogP contribution in [0.25, 0.3) is 10.8 Å². The highest BCUT2D eigenvalue weighted by molar-refractivity contribution is 6.30. The Kier molecular flexibility index (Phi) is 7.50. The summed E-state index contributed by atoms with van der Waals surface area (Å²) in [6.07, 6.45) is 1.41. The van der Waals surface area contributed by atoms with Crippen LogP contribution in [-0.2, 0) is 4.79 Å². The molecule has 35 heavy (non-hydrogen) atoms. The lowest BCUT2D eigenvalue weighted by Crippen LogP contribution is -2.35. The monoisotopic (exact) mass is 485 g/mol. The second-order valence-electron chi connectivity index (χ2n) is 7.47. The van der Waals surface area contributed by atoms with Gasteiger partial charge >= 0.3 is 5.97 Å². The highest BCUT2D eigenvalue weighted by Crippen LogP contribution is 2.18. The molecule has 174 valence electrons. The van der Waals surface area contributed by atoms with Gasteiger partial charge in [-0.15, -0.1) is 0 Å². The molecule has 0 unspecified atom stereocenters. The molecule has 4 rings (SSSR count). The minimum absolute atomic E-state index is 0.238. The van der Waals surface area contributed by atoms with E-state index in [1.807, 2.05) is 30.3 Å². The summed E-state index contributed by atoms with van der Waals surface area (Å²) in [5.41, 5.74) is 3.82. The molecule has 0 bridgehead atoms. The molecule has 0 radical (unpaired) electrons. The molecule has 0 saturated heterocycles. The van der Waals surface area contributed by atoms with Gasteiger partial charge in [-0.1, -0.05) is 60.1 Å². The van der Waals surface area contributed by atoms with E-state index in [4.69, 9.17) is 16.3 Å². The van der Waals surface area contributed by atoms with Crippen LogP contribution in [0.3, 0.4) is 0 Å². The van der Waals surface area contributed by atoms with Crippen LogP contribution >= 0.6 is 11.6 Å². The fraction of sp³-hybridized carbons (Fsp3) is 0.0370. The normalized spacial score (nSPS) is 10.8. The molecular weight excluding hydrogens is 466 g/mol. The molecule has 0 heterocycles. The lowest BCUT2D eigenvalue weighted by molar-refractivity contribution is -0.120. The average molecular weight is 486 g/mol. The molecule has 0 saturated carbocycles. The zero-order valence-electron chi connectivity index (χ0n) is 18.4. The first-order valence-electron chi connectivity index (χ1n) is 10.7. The summed E-state index contributed by atoms with van der Waals surface area (Å²) >= 11 is 5.84. The summed E-state index contributed by atoms with van der Waals surface area (Å²) in [5, 5.41) is 8.77. The number of nitrogens with one attached hydrogen (secondary N) is 2. The molecule has 4 aromatic rings. The van der Waals surface area contributed by atoms with Crippen LogP contribution in [0.4, 0.5) is 0 Å². The number of amides is 2. The van der Waals surface area contributed by atoms with E-state index >= 15 is 0 Å². The predicted octanol–water partition coefficient (Wildman–Crippen LogP) is 4.59. The van der Waals surface area contributed by atoms with Crippen molar-refractivity contribution in [2.75, 3.05) is 6.54 Å². The Bertz CT molecular complexity index is 1410. The van der Waals surface area contributed by atoms with Crippen LogP contribution in [0.5, 0.6) is 5.75 Å². The topological polar surface area (TPSA) is 96.9 Å². The summed E-state index contributed by atoms with van der Waals surface area (Å²) in [5.74, 6) is -1.04. The van der Waals surface area contributed by atoms with Crippen LogP contribution in [0.2, 0.25) is 5.02 Å². The summed E-state index contributed by atoms with van der Waals surface area (Å²) in [6, 6.07) is 26.0. The number of hydrogen-bond acceptors (Lipinski definition) is 5. The summed E-state index contributed by atoms with van der Waals surface area (Å²) in [7, 11) is 0. The largest absolute Gasteiger partial charge is 0.423 e.